The van der Waals surface area contributed by atoms with Crippen molar-refractivity contribution in [3.8, 4) is 0 Å². The predicted octanol–water partition coefficient (Wildman–Crippen LogP) is 2.33. The molecule has 112 valence electrons. The van der Waals surface area contributed by atoms with E-state index in [9.17, 15) is 13.2 Å². The van der Waals surface area contributed by atoms with Crippen LogP contribution in [0.1, 0.15) is 26.2 Å². The largest absolute Gasteiger partial charge is 0.325 e. The number of benzene rings is 1. The minimum absolute atomic E-state index is 0.0764. The molecule has 1 rings (SSSR count). The number of halogens is 1. The molecule has 0 unspecified atom stereocenters. The third kappa shape index (κ3) is 5.11. The van der Waals surface area contributed by atoms with E-state index in [2.05, 4.69) is 10.0 Å². The summed E-state index contributed by atoms with van der Waals surface area (Å²) >= 11 is 5.55. The first-order valence-corrected chi connectivity index (χ1v) is 8.47. The highest BCUT2D eigenvalue weighted by atomic mass is 35.5. The molecule has 7 heteroatoms. The summed E-state index contributed by atoms with van der Waals surface area (Å²) in [4.78, 5) is 11.8. The lowest BCUT2D eigenvalue weighted by Gasteiger charge is -2.11. The van der Waals surface area contributed by atoms with Gasteiger partial charge in [0.1, 0.15) is 4.90 Å². The first-order chi connectivity index (χ1) is 9.51. The van der Waals surface area contributed by atoms with E-state index in [4.69, 9.17) is 11.6 Å². The summed E-state index contributed by atoms with van der Waals surface area (Å²) in [7, 11) is -3.60. The highest BCUT2D eigenvalue weighted by Crippen LogP contribution is 2.20. The van der Waals surface area contributed by atoms with Gasteiger partial charge in [-0.2, -0.15) is 0 Å². The van der Waals surface area contributed by atoms with Crippen LogP contribution < -0.4 is 10.0 Å². The molecule has 0 saturated carbocycles. The molecule has 0 spiro atoms. The number of unbranched alkanes of at least 4 members (excludes halogenated alkanes) is 1. The van der Waals surface area contributed by atoms with Crippen LogP contribution in [-0.4, -0.2) is 26.7 Å². The van der Waals surface area contributed by atoms with Crippen LogP contribution in [0.2, 0.25) is 0 Å². The molecule has 0 aliphatic rings. The van der Waals surface area contributed by atoms with Gasteiger partial charge in [-0.3, -0.25) is 4.79 Å². The van der Waals surface area contributed by atoms with Crippen molar-refractivity contribution >= 4 is 33.2 Å². The molecular weight excluding hydrogens is 300 g/mol. The normalized spacial score (nSPS) is 11.3. The van der Waals surface area contributed by atoms with Gasteiger partial charge in [-0.25, -0.2) is 13.1 Å². The van der Waals surface area contributed by atoms with E-state index in [0.29, 0.717) is 31.0 Å². The van der Waals surface area contributed by atoms with Crippen molar-refractivity contribution in [3.05, 3.63) is 24.3 Å². The predicted molar refractivity (Wildman–Crippen MR) is 80.5 cm³/mol. The quantitative estimate of drug-likeness (QED) is 0.570. The zero-order valence-corrected chi connectivity index (χ0v) is 12.9. The maximum absolute atomic E-state index is 12.0. The fourth-order valence-corrected chi connectivity index (χ4v) is 3.06. The smallest absolute Gasteiger partial charge is 0.242 e. The average molecular weight is 319 g/mol. The molecule has 0 atom stereocenters. The number of sulfonamides is 1. The Morgan fingerprint density at radius 2 is 1.95 bits per heavy atom. The fraction of sp³-hybridized carbons (Fsp3) is 0.462. The third-order valence-corrected chi connectivity index (χ3v) is 4.44. The maximum Gasteiger partial charge on any atom is 0.242 e. The van der Waals surface area contributed by atoms with Crippen molar-refractivity contribution in [1.82, 2.24) is 4.72 Å². The molecule has 0 aliphatic heterocycles. The molecule has 20 heavy (non-hydrogen) atoms. The fourth-order valence-electron chi connectivity index (χ4n) is 1.66. The van der Waals surface area contributed by atoms with Crippen LogP contribution in [-0.2, 0) is 14.8 Å². The molecule has 1 aromatic rings. The zero-order valence-electron chi connectivity index (χ0n) is 11.4. The first kappa shape index (κ1) is 16.9. The Bertz CT molecular complexity index is 546. The number of rotatable bonds is 8. The summed E-state index contributed by atoms with van der Waals surface area (Å²) in [6.45, 7) is 1.99. The molecule has 1 amide bonds. The lowest BCUT2D eigenvalue weighted by Crippen LogP contribution is -2.25. The summed E-state index contributed by atoms with van der Waals surface area (Å²) in [5, 5.41) is 2.63. The van der Waals surface area contributed by atoms with Gasteiger partial charge in [-0.1, -0.05) is 19.1 Å². The molecule has 5 nitrogen and oxygen atoms in total. The number of carbonyl (C=O) groups excluding carboxylic acids is 1. The monoisotopic (exact) mass is 318 g/mol. The van der Waals surface area contributed by atoms with Crippen molar-refractivity contribution in [2.24, 2.45) is 0 Å². The summed E-state index contributed by atoms with van der Waals surface area (Å²) in [5.41, 5.74) is 0.296. The Kier molecular flexibility index (Phi) is 6.98. The SMILES string of the molecule is CCNS(=O)(=O)c1ccccc1NC(=O)CCCCCl. The van der Waals surface area contributed by atoms with Crippen molar-refractivity contribution in [2.75, 3.05) is 17.7 Å². The lowest BCUT2D eigenvalue weighted by molar-refractivity contribution is -0.116. The van der Waals surface area contributed by atoms with E-state index < -0.39 is 10.0 Å². The summed E-state index contributed by atoms with van der Waals surface area (Å²) < 4.78 is 26.4. The van der Waals surface area contributed by atoms with Crippen LogP contribution in [0.5, 0.6) is 0 Å². The highest BCUT2D eigenvalue weighted by Gasteiger charge is 2.18. The van der Waals surface area contributed by atoms with Gasteiger partial charge in [-0.05, 0) is 25.0 Å². The van der Waals surface area contributed by atoms with Crippen LogP contribution >= 0.6 is 11.6 Å². The second-order valence-corrected chi connectivity index (χ2v) is 6.31. The van der Waals surface area contributed by atoms with Gasteiger partial charge in [0, 0.05) is 18.8 Å². The molecular formula is C13H19ClN2O3S. The Morgan fingerprint density at radius 1 is 1.25 bits per heavy atom. The number of nitrogens with one attached hydrogen (secondary N) is 2. The number of carbonyl (C=O) groups is 1. The van der Waals surface area contributed by atoms with Gasteiger partial charge in [0.25, 0.3) is 0 Å². The first-order valence-electron chi connectivity index (χ1n) is 6.45. The number of anilines is 1. The van der Waals surface area contributed by atoms with Crippen molar-refractivity contribution in [3.63, 3.8) is 0 Å². The van der Waals surface area contributed by atoms with Crippen molar-refractivity contribution in [1.29, 1.82) is 0 Å². The van der Waals surface area contributed by atoms with E-state index in [1.165, 1.54) is 6.07 Å². The molecule has 0 fully saturated rings. The molecule has 0 heterocycles. The third-order valence-electron chi connectivity index (χ3n) is 2.57. The Hall–Kier alpha value is -1.11. The number of amides is 1. The molecule has 2 N–H and O–H groups in total. The maximum atomic E-state index is 12.0. The number of hydrogen-bond acceptors (Lipinski definition) is 3. The average Bonchev–Trinajstić information content (AvgIpc) is 2.39. The molecule has 0 bridgehead atoms. The second-order valence-electron chi connectivity index (χ2n) is 4.19. The summed E-state index contributed by atoms with van der Waals surface area (Å²) in [5.74, 6) is 0.299. The molecule has 0 aliphatic carbocycles. The Balaban J connectivity index is 2.83. The number of hydrogen-bond donors (Lipinski definition) is 2. The Labute approximate surface area is 124 Å². The number of alkyl halides is 1. The van der Waals surface area contributed by atoms with Crippen LogP contribution in [0.3, 0.4) is 0 Å². The lowest BCUT2D eigenvalue weighted by atomic mass is 10.2. The van der Waals surface area contributed by atoms with Gasteiger partial charge in [-0.15, -0.1) is 11.6 Å². The van der Waals surface area contributed by atoms with Gasteiger partial charge < -0.3 is 5.32 Å². The second kappa shape index (κ2) is 8.24. The van der Waals surface area contributed by atoms with Gasteiger partial charge in [0.15, 0.2) is 0 Å². The highest BCUT2D eigenvalue weighted by molar-refractivity contribution is 7.89. The molecule has 1 aromatic carbocycles. The number of para-hydroxylation sites is 1. The van der Waals surface area contributed by atoms with E-state index in [1.807, 2.05) is 0 Å². The van der Waals surface area contributed by atoms with Crippen molar-refractivity contribution in [2.45, 2.75) is 31.1 Å². The molecule has 0 radical (unpaired) electrons. The van der Waals surface area contributed by atoms with Gasteiger partial charge >= 0.3 is 0 Å². The van der Waals surface area contributed by atoms with E-state index >= 15 is 0 Å². The van der Waals surface area contributed by atoms with E-state index in [-0.39, 0.29) is 10.8 Å². The molecule has 0 aromatic heterocycles. The summed E-state index contributed by atoms with van der Waals surface area (Å²) in [6.07, 6.45) is 1.76. The van der Waals surface area contributed by atoms with Crippen LogP contribution in [0.25, 0.3) is 0 Å². The van der Waals surface area contributed by atoms with Gasteiger partial charge in [0.2, 0.25) is 15.9 Å². The van der Waals surface area contributed by atoms with Crippen LogP contribution in [0.4, 0.5) is 5.69 Å². The zero-order chi connectivity index (χ0) is 15.0. The van der Waals surface area contributed by atoms with Crippen molar-refractivity contribution < 1.29 is 13.2 Å². The van der Waals surface area contributed by atoms with Gasteiger partial charge in [0.05, 0.1) is 5.69 Å². The minimum Gasteiger partial charge on any atom is -0.325 e. The minimum atomic E-state index is -3.60. The Morgan fingerprint density at radius 3 is 2.60 bits per heavy atom. The van der Waals surface area contributed by atoms with E-state index in [1.54, 1.807) is 25.1 Å². The van der Waals surface area contributed by atoms with Crippen LogP contribution in [0.15, 0.2) is 29.2 Å². The van der Waals surface area contributed by atoms with Crippen LogP contribution in [0, 0.1) is 0 Å². The molecule has 0 saturated heterocycles. The standard InChI is InChI=1S/C13H19ClN2O3S/c1-2-15-20(18,19)12-8-4-3-7-11(12)16-13(17)9-5-6-10-14/h3-4,7-8,15H,2,5-6,9-10H2,1H3,(H,16,17). The van der Waals surface area contributed by atoms with E-state index in [0.717, 1.165) is 6.42 Å². The summed E-state index contributed by atoms with van der Waals surface area (Å²) in [6, 6.07) is 6.34. The topological polar surface area (TPSA) is 75.3 Å².